The van der Waals surface area contributed by atoms with Crippen LogP contribution in [-0.4, -0.2) is 46.7 Å². The Morgan fingerprint density at radius 2 is 2.12 bits per heavy atom. The fourth-order valence-electron chi connectivity index (χ4n) is 3.70. The first-order valence-corrected chi connectivity index (χ1v) is 11.4. The van der Waals surface area contributed by atoms with Gasteiger partial charge in [-0.2, -0.15) is 0 Å². The number of aromatic nitrogens is 2. The van der Waals surface area contributed by atoms with Gasteiger partial charge >= 0.3 is 6.09 Å². The molecule has 0 fully saturated rings. The van der Waals surface area contributed by atoms with Gasteiger partial charge in [0.25, 0.3) is 5.91 Å². The minimum absolute atomic E-state index is 0.167. The van der Waals surface area contributed by atoms with Crippen molar-refractivity contribution in [1.82, 2.24) is 14.5 Å². The van der Waals surface area contributed by atoms with Crippen molar-refractivity contribution in [3.8, 4) is 16.3 Å². The van der Waals surface area contributed by atoms with Crippen molar-refractivity contribution in [2.45, 2.75) is 25.5 Å². The number of imidazole rings is 1. The van der Waals surface area contributed by atoms with Crippen LogP contribution in [0.2, 0.25) is 5.02 Å². The number of nitrogens with two attached hydrogens (primary N) is 1. The fourth-order valence-corrected chi connectivity index (χ4v) is 4.94. The molecule has 0 aliphatic carbocycles. The molecule has 2 unspecified atom stereocenters. The number of hydrogen-bond donors (Lipinski definition) is 1. The SMILES string of the molecule is COC(=O)N(C)C1C=Cn2c(-c3cc(OC(C)c4ccccc4Cl)c(C(N)=O)s3)cnc2C1. The highest BCUT2D eigenvalue weighted by Crippen LogP contribution is 2.39. The van der Waals surface area contributed by atoms with Crippen LogP contribution in [0.15, 0.2) is 42.6 Å². The summed E-state index contributed by atoms with van der Waals surface area (Å²) in [5.41, 5.74) is 7.25. The lowest BCUT2D eigenvalue weighted by Gasteiger charge is -2.26. The average Bonchev–Trinajstić information content (AvgIpc) is 3.41. The Morgan fingerprint density at radius 3 is 2.82 bits per heavy atom. The second-order valence-electron chi connectivity index (χ2n) is 7.57. The maximum absolute atomic E-state index is 12.1. The third-order valence-electron chi connectivity index (χ3n) is 5.50. The molecule has 2 aromatic heterocycles. The van der Waals surface area contributed by atoms with Gasteiger partial charge in [0.2, 0.25) is 0 Å². The van der Waals surface area contributed by atoms with Gasteiger partial charge in [-0.1, -0.05) is 29.8 Å². The van der Waals surface area contributed by atoms with E-state index < -0.39 is 12.0 Å². The largest absolute Gasteiger partial charge is 0.484 e. The topological polar surface area (TPSA) is 99.7 Å². The van der Waals surface area contributed by atoms with E-state index in [2.05, 4.69) is 4.98 Å². The van der Waals surface area contributed by atoms with Gasteiger partial charge in [-0.15, -0.1) is 11.3 Å². The molecule has 3 aromatic rings. The number of carbonyl (C=O) groups excluding carboxylic acids is 2. The Balaban J connectivity index is 1.62. The van der Waals surface area contributed by atoms with Gasteiger partial charge in [-0.25, -0.2) is 9.78 Å². The number of benzene rings is 1. The smallest absolute Gasteiger partial charge is 0.409 e. The van der Waals surface area contributed by atoms with E-state index in [0.717, 1.165) is 22.0 Å². The van der Waals surface area contributed by atoms with Crippen molar-refractivity contribution in [3.05, 3.63) is 63.9 Å². The van der Waals surface area contributed by atoms with E-state index >= 15 is 0 Å². The number of methoxy groups -OCH3 is 1. The molecule has 2 amide bonds. The van der Waals surface area contributed by atoms with Crippen molar-refractivity contribution in [1.29, 1.82) is 0 Å². The molecule has 4 rings (SSSR count). The number of ether oxygens (including phenoxy) is 2. The number of nitrogens with zero attached hydrogens (tertiary/aromatic N) is 3. The Hall–Kier alpha value is -3.30. The van der Waals surface area contributed by atoms with Crippen molar-refractivity contribution >= 4 is 41.1 Å². The van der Waals surface area contributed by atoms with Gasteiger partial charge in [0.05, 0.1) is 29.9 Å². The van der Waals surface area contributed by atoms with Gasteiger partial charge in [-0.05, 0) is 19.1 Å². The van der Waals surface area contributed by atoms with Crippen molar-refractivity contribution in [2.75, 3.05) is 14.2 Å². The second-order valence-corrected chi connectivity index (χ2v) is 9.03. The first-order valence-electron chi connectivity index (χ1n) is 10.2. The van der Waals surface area contributed by atoms with Crippen LogP contribution in [-0.2, 0) is 11.2 Å². The third kappa shape index (κ3) is 4.46. The summed E-state index contributed by atoms with van der Waals surface area (Å²) in [7, 11) is 3.03. The Kier molecular flexibility index (Phi) is 6.44. The molecule has 0 radical (unpaired) electrons. The van der Waals surface area contributed by atoms with E-state index in [0.29, 0.717) is 22.1 Å². The molecule has 1 aliphatic rings. The normalized spacial score (nSPS) is 15.6. The molecule has 1 aromatic carbocycles. The number of amides is 2. The van der Waals surface area contributed by atoms with Crippen LogP contribution in [0.1, 0.15) is 34.1 Å². The summed E-state index contributed by atoms with van der Waals surface area (Å²) in [5, 5.41) is 0.586. The number of hydrogen-bond acceptors (Lipinski definition) is 6. The average molecular weight is 487 g/mol. The predicted molar refractivity (Wildman–Crippen MR) is 128 cm³/mol. The van der Waals surface area contributed by atoms with Crippen LogP contribution in [0.5, 0.6) is 5.75 Å². The minimum atomic E-state index is -0.568. The lowest BCUT2D eigenvalue weighted by atomic mass is 10.1. The predicted octanol–water partition coefficient (Wildman–Crippen LogP) is 4.60. The Labute approximate surface area is 200 Å². The van der Waals surface area contributed by atoms with Crippen LogP contribution in [0, 0.1) is 0 Å². The molecule has 8 nitrogen and oxygen atoms in total. The van der Waals surface area contributed by atoms with Crippen molar-refractivity contribution in [3.63, 3.8) is 0 Å². The van der Waals surface area contributed by atoms with E-state index in [9.17, 15) is 9.59 Å². The van der Waals surface area contributed by atoms with Gasteiger partial charge in [0.15, 0.2) is 0 Å². The van der Waals surface area contributed by atoms with Gasteiger partial charge in [0.1, 0.15) is 22.6 Å². The molecule has 2 atom stereocenters. The lowest BCUT2D eigenvalue weighted by molar-refractivity contribution is 0.0998. The summed E-state index contributed by atoms with van der Waals surface area (Å²) in [6.07, 6.45) is 5.24. The monoisotopic (exact) mass is 486 g/mol. The van der Waals surface area contributed by atoms with E-state index in [1.54, 1.807) is 25.4 Å². The summed E-state index contributed by atoms with van der Waals surface area (Å²) >= 11 is 7.54. The van der Waals surface area contributed by atoms with E-state index in [1.807, 2.05) is 42.0 Å². The van der Waals surface area contributed by atoms with E-state index in [-0.39, 0.29) is 12.1 Å². The Morgan fingerprint density at radius 1 is 1.36 bits per heavy atom. The third-order valence-corrected chi connectivity index (χ3v) is 7.00. The molecule has 0 saturated heterocycles. The number of carbonyl (C=O) groups is 2. The van der Waals surface area contributed by atoms with Crippen molar-refractivity contribution < 1.29 is 19.1 Å². The molecule has 0 bridgehead atoms. The first-order chi connectivity index (χ1) is 15.8. The molecule has 0 spiro atoms. The molecule has 172 valence electrons. The number of halogens is 1. The van der Waals surface area contributed by atoms with Gasteiger partial charge < -0.3 is 24.7 Å². The molecule has 2 N–H and O–H groups in total. The zero-order chi connectivity index (χ0) is 23.7. The number of thiophene rings is 1. The number of primary amides is 1. The van der Waals surface area contributed by atoms with Gasteiger partial charge in [-0.3, -0.25) is 4.79 Å². The quantitative estimate of drug-likeness (QED) is 0.549. The fraction of sp³-hybridized carbons (Fsp3) is 0.261. The zero-order valence-corrected chi connectivity index (χ0v) is 19.9. The molecular formula is C23H23ClN4O4S. The van der Waals surface area contributed by atoms with Crippen LogP contribution in [0.3, 0.4) is 0 Å². The Bertz CT molecular complexity index is 1240. The number of fused-ring (bicyclic) bond motifs is 1. The molecular weight excluding hydrogens is 464 g/mol. The highest BCUT2D eigenvalue weighted by atomic mass is 35.5. The van der Waals surface area contributed by atoms with Crippen LogP contribution in [0.25, 0.3) is 16.8 Å². The summed E-state index contributed by atoms with van der Waals surface area (Å²) in [6.45, 7) is 1.87. The van der Waals surface area contributed by atoms with E-state index in [1.165, 1.54) is 23.3 Å². The van der Waals surface area contributed by atoms with Crippen LogP contribution < -0.4 is 10.5 Å². The second kappa shape index (κ2) is 9.29. The van der Waals surface area contributed by atoms with Gasteiger partial charge in [0, 0.05) is 36.3 Å². The van der Waals surface area contributed by atoms with Crippen LogP contribution >= 0.6 is 22.9 Å². The summed E-state index contributed by atoms with van der Waals surface area (Å²) in [5.74, 6) is 0.615. The molecule has 1 aliphatic heterocycles. The molecule has 33 heavy (non-hydrogen) atoms. The summed E-state index contributed by atoms with van der Waals surface area (Å²) in [6, 6.07) is 9.03. The number of likely N-dealkylation sites (N-methyl/N-ethyl adjacent to an activating group) is 1. The molecule has 3 heterocycles. The molecule has 0 saturated carbocycles. The number of rotatable bonds is 6. The highest BCUT2D eigenvalue weighted by molar-refractivity contribution is 7.17. The first kappa shape index (κ1) is 22.9. The minimum Gasteiger partial charge on any atom is -0.484 e. The molecule has 10 heteroatoms. The highest BCUT2D eigenvalue weighted by Gasteiger charge is 2.26. The standard InChI is InChI=1S/C23H23ClN4O4S/c1-13(15-6-4-5-7-16(15)24)32-18-11-19(33-21(18)22(25)29)17-12-26-20-10-14(8-9-28(17)20)27(2)23(30)31-3/h4-9,11-14H,10H2,1-3H3,(H2,25,29). The maximum atomic E-state index is 12.1. The zero-order valence-electron chi connectivity index (χ0n) is 18.3. The summed E-state index contributed by atoms with van der Waals surface area (Å²) < 4.78 is 12.8. The lowest BCUT2D eigenvalue weighted by Crippen LogP contribution is -2.38. The maximum Gasteiger partial charge on any atom is 0.409 e. The van der Waals surface area contributed by atoms with Crippen molar-refractivity contribution in [2.24, 2.45) is 5.73 Å². The summed E-state index contributed by atoms with van der Waals surface area (Å²) in [4.78, 5) is 31.1. The van der Waals surface area contributed by atoms with Crippen LogP contribution in [0.4, 0.5) is 4.79 Å². The van der Waals surface area contributed by atoms with E-state index in [4.69, 9.17) is 26.8 Å².